The lowest BCUT2D eigenvalue weighted by molar-refractivity contribution is -0.163. The van der Waals surface area contributed by atoms with E-state index >= 15 is 0 Å². The minimum atomic E-state index is -1.99. The summed E-state index contributed by atoms with van der Waals surface area (Å²) in [5.41, 5.74) is 0. The number of hydrogen-bond acceptors (Lipinski definition) is 5. The summed E-state index contributed by atoms with van der Waals surface area (Å²) in [7, 11) is 0. The van der Waals surface area contributed by atoms with Gasteiger partial charge in [-0.1, -0.05) is 0 Å². The van der Waals surface area contributed by atoms with E-state index < -0.39 is 47.9 Å². The van der Waals surface area contributed by atoms with Crippen LogP contribution in [-0.2, 0) is 23.9 Å². The fraction of sp³-hybridized carbons (Fsp3) is 0.500. The van der Waals surface area contributed by atoms with Gasteiger partial charge in [-0.25, -0.2) is 9.59 Å². The number of carboxylic acid groups (broad SMARTS) is 4. The molecule has 4 atom stereocenters. The first kappa shape index (κ1) is 12.9. The van der Waals surface area contributed by atoms with E-state index in [0.29, 0.717) is 0 Å². The zero-order chi connectivity index (χ0) is 13.3. The van der Waals surface area contributed by atoms with Crippen molar-refractivity contribution in [3.8, 4) is 0 Å². The topological polar surface area (TPSA) is 158 Å². The van der Waals surface area contributed by atoms with Gasteiger partial charge in [0.25, 0.3) is 0 Å². The third kappa shape index (κ3) is 2.18. The molecule has 4 N–H and O–H groups in total. The molecule has 1 rings (SSSR count). The molecule has 94 valence electrons. The molecule has 1 heterocycles. The fourth-order valence-corrected chi connectivity index (χ4v) is 1.69. The normalized spacial score (nSPS) is 32.0. The Balaban J connectivity index is 3.17. The molecule has 1 saturated heterocycles. The smallest absolute Gasteiger partial charge is 0.333 e. The zero-order valence-electron chi connectivity index (χ0n) is 8.14. The Morgan fingerprint density at radius 3 is 1.12 bits per heavy atom. The summed E-state index contributed by atoms with van der Waals surface area (Å²) in [6, 6.07) is 0. The van der Waals surface area contributed by atoms with Gasteiger partial charge in [-0.15, -0.1) is 0 Å². The van der Waals surface area contributed by atoms with Gasteiger partial charge in [-0.05, 0) is 0 Å². The van der Waals surface area contributed by atoms with Crippen molar-refractivity contribution in [1.29, 1.82) is 0 Å². The molecule has 1 aliphatic heterocycles. The maximum absolute atomic E-state index is 10.8. The molecule has 0 bridgehead atoms. The summed E-state index contributed by atoms with van der Waals surface area (Å²) < 4.78 is 4.47. The number of rotatable bonds is 4. The molecule has 9 heteroatoms. The summed E-state index contributed by atoms with van der Waals surface area (Å²) in [5, 5.41) is 34.8. The zero-order valence-corrected chi connectivity index (χ0v) is 8.14. The second-order valence-corrected chi connectivity index (χ2v) is 3.38. The van der Waals surface area contributed by atoms with Gasteiger partial charge in [0, 0.05) is 0 Å². The number of ether oxygens (including phenoxy) is 1. The van der Waals surface area contributed by atoms with Crippen molar-refractivity contribution in [2.45, 2.75) is 12.2 Å². The Labute approximate surface area is 93.2 Å². The minimum Gasteiger partial charge on any atom is -0.481 e. The summed E-state index contributed by atoms with van der Waals surface area (Å²) in [6.07, 6.45) is -3.98. The van der Waals surface area contributed by atoms with Gasteiger partial charge in [0.2, 0.25) is 0 Å². The van der Waals surface area contributed by atoms with Crippen molar-refractivity contribution in [1.82, 2.24) is 0 Å². The van der Waals surface area contributed by atoms with Crippen molar-refractivity contribution in [2.75, 3.05) is 0 Å². The van der Waals surface area contributed by atoms with Gasteiger partial charge in [0.15, 0.2) is 12.2 Å². The van der Waals surface area contributed by atoms with Gasteiger partial charge >= 0.3 is 23.9 Å². The first-order valence-corrected chi connectivity index (χ1v) is 4.34. The first-order valence-electron chi connectivity index (χ1n) is 4.34. The molecule has 0 radical (unpaired) electrons. The molecular weight excluding hydrogens is 240 g/mol. The average molecular weight is 248 g/mol. The van der Waals surface area contributed by atoms with Crippen LogP contribution in [0.15, 0.2) is 0 Å². The summed E-state index contributed by atoms with van der Waals surface area (Å²) in [5.74, 6) is -10.8. The van der Waals surface area contributed by atoms with E-state index in [1.54, 1.807) is 0 Å². The van der Waals surface area contributed by atoms with Gasteiger partial charge in [-0.2, -0.15) is 0 Å². The molecule has 0 aromatic heterocycles. The quantitative estimate of drug-likeness (QED) is 0.455. The van der Waals surface area contributed by atoms with Crippen LogP contribution >= 0.6 is 0 Å². The van der Waals surface area contributed by atoms with Crippen LogP contribution in [0.5, 0.6) is 0 Å². The number of aliphatic carboxylic acids is 4. The number of hydrogen-bond donors (Lipinski definition) is 4. The Morgan fingerprint density at radius 2 is 0.941 bits per heavy atom. The maximum Gasteiger partial charge on any atom is 0.333 e. The van der Waals surface area contributed by atoms with Gasteiger partial charge in [-0.3, -0.25) is 9.59 Å². The SMILES string of the molecule is O=C(O)[C@@H]1[C@H](C(=O)O)[C@H](C(=O)O)O[C@H]1C(=O)O. The molecule has 0 aliphatic carbocycles. The summed E-state index contributed by atoms with van der Waals surface area (Å²) in [6.45, 7) is 0. The fourth-order valence-electron chi connectivity index (χ4n) is 1.69. The Morgan fingerprint density at radius 1 is 0.647 bits per heavy atom. The maximum atomic E-state index is 10.8. The monoisotopic (exact) mass is 248 g/mol. The minimum absolute atomic E-state index is 1.72. The second-order valence-electron chi connectivity index (χ2n) is 3.38. The van der Waals surface area contributed by atoms with E-state index in [4.69, 9.17) is 20.4 Å². The summed E-state index contributed by atoms with van der Waals surface area (Å²) >= 11 is 0. The molecule has 9 nitrogen and oxygen atoms in total. The highest BCUT2D eigenvalue weighted by Gasteiger charge is 2.57. The van der Waals surface area contributed by atoms with Crippen molar-refractivity contribution in [3.63, 3.8) is 0 Å². The number of carboxylic acids is 4. The van der Waals surface area contributed by atoms with E-state index in [1.165, 1.54) is 0 Å². The van der Waals surface area contributed by atoms with Gasteiger partial charge < -0.3 is 25.2 Å². The average Bonchev–Trinajstić information content (AvgIpc) is 2.56. The molecule has 17 heavy (non-hydrogen) atoms. The predicted octanol–water partition coefficient (Wildman–Crippen LogP) is -1.68. The van der Waals surface area contributed by atoms with E-state index in [0.717, 1.165) is 0 Å². The van der Waals surface area contributed by atoms with Crippen LogP contribution in [0.25, 0.3) is 0 Å². The lowest BCUT2D eigenvalue weighted by Gasteiger charge is -2.13. The molecule has 1 fully saturated rings. The van der Waals surface area contributed by atoms with Crippen LogP contribution in [0.2, 0.25) is 0 Å². The molecule has 0 aromatic carbocycles. The van der Waals surface area contributed by atoms with Crippen LogP contribution < -0.4 is 0 Å². The molecule has 0 amide bonds. The van der Waals surface area contributed by atoms with E-state index in [9.17, 15) is 19.2 Å². The molecule has 0 saturated carbocycles. The lowest BCUT2D eigenvalue weighted by atomic mass is 9.87. The highest BCUT2D eigenvalue weighted by molar-refractivity contribution is 5.92. The van der Waals surface area contributed by atoms with Crippen LogP contribution in [0.3, 0.4) is 0 Å². The van der Waals surface area contributed by atoms with Gasteiger partial charge in [0.1, 0.15) is 11.8 Å². The van der Waals surface area contributed by atoms with Crippen molar-refractivity contribution < 1.29 is 44.3 Å². The third-order valence-electron chi connectivity index (χ3n) is 2.39. The first-order chi connectivity index (χ1) is 7.77. The highest BCUT2D eigenvalue weighted by atomic mass is 16.6. The molecule has 0 spiro atoms. The number of carbonyl (C=O) groups is 4. The van der Waals surface area contributed by atoms with Crippen LogP contribution in [0, 0.1) is 11.8 Å². The van der Waals surface area contributed by atoms with Crippen LogP contribution in [0.4, 0.5) is 0 Å². The van der Waals surface area contributed by atoms with Gasteiger partial charge in [0.05, 0.1) is 0 Å². The van der Waals surface area contributed by atoms with Crippen LogP contribution in [-0.4, -0.2) is 56.5 Å². The van der Waals surface area contributed by atoms with Crippen molar-refractivity contribution >= 4 is 23.9 Å². The van der Waals surface area contributed by atoms with E-state index in [2.05, 4.69) is 4.74 Å². The lowest BCUT2D eigenvalue weighted by Crippen LogP contribution is -2.39. The largest absolute Gasteiger partial charge is 0.481 e. The van der Waals surface area contributed by atoms with Crippen molar-refractivity contribution in [3.05, 3.63) is 0 Å². The van der Waals surface area contributed by atoms with Crippen molar-refractivity contribution in [2.24, 2.45) is 11.8 Å². The van der Waals surface area contributed by atoms with E-state index in [-0.39, 0.29) is 0 Å². The van der Waals surface area contributed by atoms with E-state index in [1.807, 2.05) is 0 Å². The molecule has 0 unspecified atom stereocenters. The third-order valence-corrected chi connectivity index (χ3v) is 2.39. The predicted molar refractivity (Wildman–Crippen MR) is 46.2 cm³/mol. The van der Waals surface area contributed by atoms with Crippen LogP contribution in [0.1, 0.15) is 0 Å². The molecular formula is C8H8O9. The molecule has 0 aromatic rings. The Hall–Kier alpha value is -2.16. The Kier molecular flexibility index (Phi) is 3.32. The second kappa shape index (κ2) is 4.37. The highest BCUT2D eigenvalue weighted by Crippen LogP contribution is 2.33. The molecule has 1 aliphatic rings. The summed E-state index contributed by atoms with van der Waals surface area (Å²) in [4.78, 5) is 43.0. The standard InChI is InChI=1S/C8H8O9/c9-5(10)1-2(6(11)12)4(8(15)16)17-3(1)7(13)14/h1-4H,(H,9,10)(H,11,12)(H,13,14)(H,15,16)/t1-,2+,3-,4-/m1/s1. The Bertz CT molecular complexity index is 350.